The molecule has 0 spiro atoms. The van der Waals surface area contributed by atoms with Crippen LogP contribution in [0.25, 0.3) is 0 Å². The third-order valence-corrected chi connectivity index (χ3v) is 4.69. The van der Waals surface area contributed by atoms with Crippen molar-refractivity contribution in [3.05, 3.63) is 46.9 Å². The second-order valence-corrected chi connectivity index (χ2v) is 8.72. The lowest BCUT2D eigenvalue weighted by molar-refractivity contribution is 0.0523. The maximum absolute atomic E-state index is 12.1. The van der Waals surface area contributed by atoms with E-state index in [-0.39, 0.29) is 18.2 Å². The molecule has 2 amide bonds. The van der Waals surface area contributed by atoms with E-state index in [1.165, 1.54) is 6.08 Å². The molecular formula is C17H22N2O5S. The monoisotopic (exact) mass is 366 g/mol. The molecule has 0 unspecified atom stereocenters. The molecule has 0 saturated heterocycles. The van der Waals surface area contributed by atoms with E-state index in [0.29, 0.717) is 5.56 Å². The van der Waals surface area contributed by atoms with Crippen molar-refractivity contribution in [3.8, 4) is 0 Å². The highest BCUT2D eigenvalue weighted by Crippen LogP contribution is 2.11. The predicted molar refractivity (Wildman–Crippen MR) is 93.7 cm³/mol. The van der Waals surface area contributed by atoms with Crippen LogP contribution in [0.2, 0.25) is 0 Å². The highest BCUT2D eigenvalue weighted by Gasteiger charge is 2.23. The van der Waals surface area contributed by atoms with E-state index >= 15 is 0 Å². The van der Waals surface area contributed by atoms with Gasteiger partial charge in [-0.05, 0) is 44.5 Å². The molecule has 0 bridgehead atoms. The molecule has 1 aliphatic heterocycles. The smallest absolute Gasteiger partial charge is 0.407 e. The Morgan fingerprint density at radius 1 is 1.20 bits per heavy atom. The average molecular weight is 366 g/mol. The lowest BCUT2D eigenvalue weighted by atomic mass is 10.1. The summed E-state index contributed by atoms with van der Waals surface area (Å²) in [5.74, 6) is -0.463. The summed E-state index contributed by atoms with van der Waals surface area (Å²) in [6.45, 7) is 5.63. The van der Waals surface area contributed by atoms with E-state index in [2.05, 4.69) is 10.6 Å². The number of benzene rings is 1. The first kappa shape index (κ1) is 19.0. The Morgan fingerprint density at radius 3 is 2.36 bits per heavy atom. The number of sulfone groups is 1. The molecule has 25 heavy (non-hydrogen) atoms. The number of amides is 2. The number of carbonyl (C=O) groups is 2. The lowest BCUT2D eigenvalue weighted by Crippen LogP contribution is -2.35. The quantitative estimate of drug-likeness (QED) is 0.845. The van der Waals surface area contributed by atoms with Crippen molar-refractivity contribution < 1.29 is 22.7 Å². The topological polar surface area (TPSA) is 102 Å². The third kappa shape index (κ3) is 6.22. The zero-order valence-corrected chi connectivity index (χ0v) is 15.2. The summed E-state index contributed by atoms with van der Waals surface area (Å²) in [4.78, 5) is 23.7. The molecule has 0 fully saturated rings. The minimum Gasteiger partial charge on any atom is -0.444 e. The summed E-state index contributed by atoms with van der Waals surface area (Å²) in [5, 5.41) is 6.40. The van der Waals surface area contributed by atoms with Gasteiger partial charge in [0.1, 0.15) is 5.60 Å². The molecule has 0 aliphatic carbocycles. The van der Waals surface area contributed by atoms with E-state index in [4.69, 9.17) is 4.74 Å². The van der Waals surface area contributed by atoms with Crippen LogP contribution >= 0.6 is 0 Å². The molecule has 2 N–H and O–H groups in total. The zero-order chi connectivity index (χ0) is 18.7. The van der Waals surface area contributed by atoms with Gasteiger partial charge >= 0.3 is 6.09 Å². The van der Waals surface area contributed by atoms with E-state index in [1.54, 1.807) is 45.0 Å². The van der Waals surface area contributed by atoms with Crippen molar-refractivity contribution in [2.24, 2.45) is 0 Å². The summed E-state index contributed by atoms with van der Waals surface area (Å²) in [5.41, 5.74) is 0.665. The maximum atomic E-state index is 12.1. The summed E-state index contributed by atoms with van der Waals surface area (Å²) in [7, 11) is -3.21. The van der Waals surface area contributed by atoms with Crippen LogP contribution in [0.3, 0.4) is 0 Å². The number of nitrogens with one attached hydrogen (secondary N) is 2. The van der Waals surface area contributed by atoms with Gasteiger partial charge in [-0.1, -0.05) is 12.1 Å². The first-order valence-electron chi connectivity index (χ1n) is 7.82. The number of hydrogen-bond donors (Lipinski definition) is 2. The lowest BCUT2D eigenvalue weighted by Gasteiger charge is -2.19. The van der Waals surface area contributed by atoms with Crippen LogP contribution in [0, 0.1) is 0 Å². The largest absolute Gasteiger partial charge is 0.444 e. The van der Waals surface area contributed by atoms with Crippen LogP contribution < -0.4 is 10.6 Å². The molecule has 8 heteroatoms. The highest BCUT2D eigenvalue weighted by atomic mass is 32.2. The Kier molecular flexibility index (Phi) is 5.52. The average Bonchev–Trinajstić information content (AvgIpc) is 2.83. The Labute approximate surface area is 147 Å². The molecule has 0 saturated carbocycles. The SMILES string of the molecule is CC(C)(C)OC(=O)NCc1ccc(C(=O)N[C@H]2C=CS(=O)(=O)C2)cc1. The van der Waals surface area contributed by atoms with Crippen molar-refractivity contribution in [3.63, 3.8) is 0 Å². The van der Waals surface area contributed by atoms with Crippen molar-refractivity contribution in [2.45, 2.75) is 39.0 Å². The summed E-state index contributed by atoms with van der Waals surface area (Å²) in [6.07, 6.45) is 0.954. The van der Waals surface area contributed by atoms with E-state index in [9.17, 15) is 18.0 Å². The molecule has 1 heterocycles. The molecule has 0 radical (unpaired) electrons. The fraction of sp³-hybridized carbons (Fsp3) is 0.412. The van der Waals surface area contributed by atoms with Crippen LogP contribution in [-0.4, -0.2) is 37.8 Å². The Morgan fingerprint density at radius 2 is 1.84 bits per heavy atom. The van der Waals surface area contributed by atoms with Gasteiger partial charge in [0.25, 0.3) is 5.91 Å². The minimum atomic E-state index is -3.21. The first-order chi connectivity index (χ1) is 11.5. The minimum absolute atomic E-state index is 0.114. The van der Waals surface area contributed by atoms with Crippen molar-refractivity contribution in [2.75, 3.05) is 5.75 Å². The molecule has 1 aliphatic rings. The number of rotatable bonds is 4. The van der Waals surface area contributed by atoms with Crippen molar-refractivity contribution >= 4 is 21.8 Å². The van der Waals surface area contributed by atoms with Gasteiger partial charge in [-0.2, -0.15) is 0 Å². The second kappa shape index (κ2) is 7.26. The van der Waals surface area contributed by atoms with Crippen LogP contribution in [0.1, 0.15) is 36.7 Å². The molecule has 136 valence electrons. The summed E-state index contributed by atoms with van der Waals surface area (Å²) in [6, 6.07) is 6.16. The van der Waals surface area contributed by atoms with Gasteiger partial charge in [0, 0.05) is 17.5 Å². The fourth-order valence-electron chi connectivity index (χ4n) is 2.18. The van der Waals surface area contributed by atoms with Crippen LogP contribution in [-0.2, 0) is 21.1 Å². The molecule has 1 aromatic rings. The van der Waals surface area contributed by atoms with Crippen LogP contribution in [0.15, 0.2) is 35.7 Å². The normalized spacial score (nSPS) is 18.6. The molecule has 1 aromatic carbocycles. The van der Waals surface area contributed by atoms with E-state index in [0.717, 1.165) is 11.0 Å². The van der Waals surface area contributed by atoms with Gasteiger partial charge in [-0.15, -0.1) is 0 Å². The number of alkyl carbamates (subject to hydrolysis) is 1. The van der Waals surface area contributed by atoms with Gasteiger partial charge < -0.3 is 15.4 Å². The molecular weight excluding hydrogens is 344 g/mol. The van der Waals surface area contributed by atoms with Crippen molar-refractivity contribution in [1.82, 2.24) is 10.6 Å². The van der Waals surface area contributed by atoms with Crippen LogP contribution in [0.4, 0.5) is 4.79 Å². The number of hydrogen-bond acceptors (Lipinski definition) is 5. The first-order valence-corrected chi connectivity index (χ1v) is 9.53. The number of carbonyl (C=O) groups excluding carboxylic acids is 2. The Balaban J connectivity index is 1.86. The van der Waals surface area contributed by atoms with Crippen LogP contribution in [0.5, 0.6) is 0 Å². The molecule has 0 aromatic heterocycles. The van der Waals surface area contributed by atoms with Gasteiger partial charge in [0.05, 0.1) is 11.8 Å². The predicted octanol–water partition coefficient (Wildman–Crippen LogP) is 1.75. The standard InChI is InChI=1S/C17H22N2O5S/c1-17(2,3)24-16(21)18-10-12-4-6-13(7-5-12)15(20)19-14-8-9-25(22,23)11-14/h4-9,14H,10-11H2,1-3H3,(H,18,21)(H,19,20)/t14-/m0/s1. The van der Waals surface area contributed by atoms with Gasteiger partial charge in [-0.3, -0.25) is 4.79 Å². The second-order valence-electron chi connectivity index (χ2n) is 6.79. The molecule has 2 rings (SSSR count). The summed E-state index contributed by atoms with van der Waals surface area (Å²) < 4.78 is 27.8. The van der Waals surface area contributed by atoms with Gasteiger partial charge in [0.15, 0.2) is 9.84 Å². The molecule has 1 atom stereocenters. The number of ether oxygens (including phenoxy) is 1. The highest BCUT2D eigenvalue weighted by molar-refractivity contribution is 7.94. The maximum Gasteiger partial charge on any atom is 0.407 e. The van der Waals surface area contributed by atoms with E-state index < -0.39 is 27.6 Å². The van der Waals surface area contributed by atoms with E-state index in [1.807, 2.05) is 0 Å². The Hall–Kier alpha value is -2.35. The van der Waals surface area contributed by atoms with Gasteiger partial charge in [-0.25, -0.2) is 13.2 Å². The summed E-state index contributed by atoms with van der Waals surface area (Å²) >= 11 is 0. The van der Waals surface area contributed by atoms with Crippen molar-refractivity contribution in [1.29, 1.82) is 0 Å². The van der Waals surface area contributed by atoms with Gasteiger partial charge in [0.2, 0.25) is 0 Å². The Bertz CT molecular complexity index is 776. The fourth-order valence-corrected chi connectivity index (χ4v) is 3.42. The third-order valence-electron chi connectivity index (χ3n) is 3.30. The zero-order valence-electron chi connectivity index (χ0n) is 14.4. The molecule has 7 nitrogen and oxygen atoms in total.